The Bertz CT molecular complexity index is 1540. The van der Waals surface area contributed by atoms with Crippen LogP contribution < -0.4 is 16.0 Å². The van der Waals surface area contributed by atoms with Crippen molar-refractivity contribution in [3.05, 3.63) is 72.3 Å². The van der Waals surface area contributed by atoms with Crippen molar-refractivity contribution in [3.63, 3.8) is 0 Å². The van der Waals surface area contributed by atoms with Gasteiger partial charge in [-0.2, -0.15) is 0 Å². The van der Waals surface area contributed by atoms with Crippen molar-refractivity contribution < 1.29 is 14.3 Å². The van der Waals surface area contributed by atoms with Crippen LogP contribution in [0.4, 0.5) is 22.0 Å². The van der Waals surface area contributed by atoms with Crippen LogP contribution in [0.1, 0.15) is 48.0 Å². The molecular weight excluding hydrogens is 518 g/mol. The highest BCUT2D eigenvalue weighted by Crippen LogP contribution is 2.32. The molecule has 1 aromatic carbocycles. The van der Waals surface area contributed by atoms with Gasteiger partial charge in [-0.1, -0.05) is 31.4 Å². The summed E-state index contributed by atoms with van der Waals surface area (Å²) in [7, 11) is 0. The summed E-state index contributed by atoms with van der Waals surface area (Å²) in [6.45, 7) is 4.31. The number of carbonyl (C=O) groups excluding carboxylic acids is 2. The SMILES string of the molecule is Cc1c(NC(=O)NC2CCCCC2)cccc1-c1cc(Nc2ccc(C(=O)N3CCOCC3)cn2)c2nccn2c1. The Labute approximate surface area is 239 Å². The summed E-state index contributed by atoms with van der Waals surface area (Å²) >= 11 is 0. The molecule has 3 N–H and O–H groups in total. The molecule has 6 rings (SSSR count). The van der Waals surface area contributed by atoms with E-state index >= 15 is 0 Å². The van der Waals surface area contributed by atoms with Gasteiger partial charge in [-0.25, -0.2) is 14.8 Å². The number of anilines is 3. The number of nitrogens with one attached hydrogen (secondary N) is 3. The molecule has 1 aliphatic carbocycles. The molecule has 212 valence electrons. The van der Waals surface area contributed by atoms with Crippen LogP contribution in [-0.2, 0) is 4.74 Å². The summed E-state index contributed by atoms with van der Waals surface area (Å²) in [5.74, 6) is 0.568. The highest BCUT2D eigenvalue weighted by atomic mass is 16.5. The van der Waals surface area contributed by atoms with Crippen LogP contribution in [-0.4, -0.2) is 63.6 Å². The minimum atomic E-state index is -0.161. The third kappa shape index (κ3) is 6.02. The molecule has 2 aliphatic rings. The largest absolute Gasteiger partial charge is 0.378 e. The second-order valence-corrected chi connectivity index (χ2v) is 10.7. The lowest BCUT2D eigenvalue weighted by molar-refractivity contribution is 0.0302. The fourth-order valence-electron chi connectivity index (χ4n) is 5.63. The Hall–Kier alpha value is -4.44. The lowest BCUT2D eigenvalue weighted by Gasteiger charge is -2.26. The molecule has 4 aromatic rings. The maximum absolute atomic E-state index is 12.8. The number of morpholine rings is 1. The molecule has 1 saturated heterocycles. The Morgan fingerprint density at radius 2 is 1.83 bits per heavy atom. The summed E-state index contributed by atoms with van der Waals surface area (Å²) in [4.78, 5) is 36.4. The first-order valence-electron chi connectivity index (χ1n) is 14.3. The number of nitrogens with zero attached hydrogens (tertiary/aromatic N) is 4. The monoisotopic (exact) mass is 553 g/mol. The number of hydrogen-bond donors (Lipinski definition) is 3. The van der Waals surface area contributed by atoms with Gasteiger partial charge < -0.3 is 30.0 Å². The van der Waals surface area contributed by atoms with E-state index in [0.717, 1.165) is 46.6 Å². The molecule has 3 amide bonds. The number of amides is 3. The van der Waals surface area contributed by atoms with Gasteiger partial charge in [-0.05, 0) is 55.2 Å². The zero-order chi connectivity index (χ0) is 28.2. The van der Waals surface area contributed by atoms with E-state index in [1.165, 1.54) is 19.3 Å². The van der Waals surface area contributed by atoms with Crippen molar-refractivity contribution in [2.45, 2.75) is 45.1 Å². The van der Waals surface area contributed by atoms with Crippen LogP contribution >= 0.6 is 0 Å². The Morgan fingerprint density at radius 3 is 2.61 bits per heavy atom. The molecular formula is C31H35N7O3. The number of urea groups is 1. The van der Waals surface area contributed by atoms with Crippen molar-refractivity contribution in [3.8, 4) is 11.1 Å². The van der Waals surface area contributed by atoms with Crippen LogP contribution in [0.5, 0.6) is 0 Å². The van der Waals surface area contributed by atoms with E-state index in [2.05, 4.69) is 25.9 Å². The van der Waals surface area contributed by atoms with Gasteiger partial charge in [0, 0.05) is 55.2 Å². The van der Waals surface area contributed by atoms with Crippen molar-refractivity contribution in [1.82, 2.24) is 24.6 Å². The highest BCUT2D eigenvalue weighted by Gasteiger charge is 2.20. The number of rotatable bonds is 6. The summed E-state index contributed by atoms with van der Waals surface area (Å²) in [5, 5.41) is 9.57. The number of carbonyl (C=O) groups is 2. The number of ether oxygens (including phenoxy) is 1. The second-order valence-electron chi connectivity index (χ2n) is 10.7. The lowest BCUT2D eigenvalue weighted by atomic mass is 9.96. The average molecular weight is 554 g/mol. The zero-order valence-corrected chi connectivity index (χ0v) is 23.2. The standard InChI is InChI=1S/C31H35N7O3/c1-21-25(8-5-9-26(21)36-31(40)34-24-6-3-2-4-7-24)23-18-27(29-32-12-13-38(29)20-23)35-28-11-10-22(19-33-28)30(39)37-14-16-41-17-15-37/h5,8-13,18-20,24H,2-4,6-7,14-17H2,1H3,(H,33,35)(H2,34,36,40). The van der Waals surface area contributed by atoms with Gasteiger partial charge in [-0.15, -0.1) is 0 Å². The van der Waals surface area contributed by atoms with E-state index in [1.807, 2.05) is 48.0 Å². The van der Waals surface area contributed by atoms with E-state index < -0.39 is 0 Å². The molecule has 1 saturated carbocycles. The van der Waals surface area contributed by atoms with E-state index in [4.69, 9.17) is 4.74 Å². The van der Waals surface area contributed by atoms with E-state index in [0.29, 0.717) is 37.7 Å². The number of imidazole rings is 1. The number of hydrogen-bond acceptors (Lipinski definition) is 6. The summed E-state index contributed by atoms with van der Waals surface area (Å²) in [5.41, 5.74) is 5.79. The molecule has 2 fully saturated rings. The normalized spacial score (nSPS) is 16.0. The quantitative estimate of drug-likeness (QED) is 0.296. The van der Waals surface area contributed by atoms with Crippen LogP contribution in [0.15, 0.2) is 61.2 Å². The van der Waals surface area contributed by atoms with Crippen LogP contribution in [0.2, 0.25) is 0 Å². The molecule has 0 unspecified atom stereocenters. The average Bonchev–Trinajstić information content (AvgIpc) is 3.48. The topological polar surface area (TPSA) is 113 Å². The third-order valence-electron chi connectivity index (χ3n) is 7.89. The predicted molar refractivity (Wildman–Crippen MR) is 159 cm³/mol. The molecule has 0 spiro atoms. The molecule has 10 nitrogen and oxygen atoms in total. The minimum Gasteiger partial charge on any atom is -0.378 e. The Balaban J connectivity index is 1.22. The maximum atomic E-state index is 12.8. The third-order valence-corrected chi connectivity index (χ3v) is 7.89. The second kappa shape index (κ2) is 12.0. The van der Waals surface area contributed by atoms with Gasteiger partial charge in [0.2, 0.25) is 0 Å². The van der Waals surface area contributed by atoms with Crippen molar-refractivity contribution >= 4 is 34.8 Å². The molecule has 41 heavy (non-hydrogen) atoms. The smallest absolute Gasteiger partial charge is 0.319 e. The summed E-state index contributed by atoms with van der Waals surface area (Å²) in [6, 6.07) is 11.6. The molecule has 1 aliphatic heterocycles. The predicted octanol–water partition coefficient (Wildman–Crippen LogP) is 5.37. The summed E-state index contributed by atoms with van der Waals surface area (Å²) in [6.07, 6.45) is 12.9. The first-order chi connectivity index (χ1) is 20.0. The number of pyridine rings is 2. The molecule has 0 radical (unpaired) electrons. The minimum absolute atomic E-state index is 0.0404. The van der Waals surface area contributed by atoms with Crippen molar-refractivity contribution in [1.29, 1.82) is 0 Å². The maximum Gasteiger partial charge on any atom is 0.319 e. The zero-order valence-electron chi connectivity index (χ0n) is 23.2. The fraction of sp³-hybridized carbons (Fsp3) is 0.355. The van der Waals surface area contributed by atoms with E-state index in [-0.39, 0.29) is 18.0 Å². The molecule has 0 atom stereocenters. The van der Waals surface area contributed by atoms with Gasteiger partial charge in [0.05, 0.1) is 24.5 Å². The number of fused-ring (bicyclic) bond motifs is 1. The van der Waals surface area contributed by atoms with Gasteiger partial charge in [0.1, 0.15) is 5.82 Å². The number of aromatic nitrogens is 3. The van der Waals surface area contributed by atoms with Gasteiger partial charge in [-0.3, -0.25) is 4.79 Å². The van der Waals surface area contributed by atoms with Crippen molar-refractivity contribution in [2.24, 2.45) is 0 Å². The van der Waals surface area contributed by atoms with Gasteiger partial charge in [0.15, 0.2) is 5.65 Å². The molecule has 3 aromatic heterocycles. The summed E-state index contributed by atoms with van der Waals surface area (Å²) < 4.78 is 7.31. The van der Waals surface area contributed by atoms with Crippen LogP contribution in [0, 0.1) is 6.92 Å². The van der Waals surface area contributed by atoms with Gasteiger partial charge in [0.25, 0.3) is 5.91 Å². The highest BCUT2D eigenvalue weighted by molar-refractivity contribution is 5.94. The molecule has 4 heterocycles. The Morgan fingerprint density at radius 1 is 1.00 bits per heavy atom. The fourth-order valence-corrected chi connectivity index (χ4v) is 5.63. The first kappa shape index (κ1) is 26.8. The van der Waals surface area contributed by atoms with Crippen molar-refractivity contribution in [2.75, 3.05) is 36.9 Å². The van der Waals surface area contributed by atoms with Gasteiger partial charge >= 0.3 is 6.03 Å². The van der Waals surface area contributed by atoms with Crippen LogP contribution in [0.3, 0.4) is 0 Å². The first-order valence-corrected chi connectivity index (χ1v) is 14.3. The molecule has 10 heteroatoms. The number of benzene rings is 1. The lowest BCUT2D eigenvalue weighted by Crippen LogP contribution is -2.40. The molecule has 0 bridgehead atoms. The van der Waals surface area contributed by atoms with E-state index in [1.54, 1.807) is 29.4 Å². The van der Waals surface area contributed by atoms with Crippen LogP contribution in [0.25, 0.3) is 16.8 Å². The Kier molecular flexibility index (Phi) is 7.82. The van der Waals surface area contributed by atoms with E-state index in [9.17, 15) is 9.59 Å².